The first-order chi connectivity index (χ1) is 17.7. The maximum Gasteiger partial charge on any atom is 0.413 e. The summed E-state index contributed by atoms with van der Waals surface area (Å²) in [6.07, 6.45) is -2.15. The van der Waals surface area contributed by atoms with Crippen LogP contribution in [0.25, 0.3) is 5.65 Å². The lowest BCUT2D eigenvalue weighted by molar-refractivity contribution is -0.190. The Morgan fingerprint density at radius 2 is 1.79 bits per heavy atom. The molecule has 1 aliphatic rings. The number of aromatic nitrogens is 4. The minimum atomic E-state index is -4.88. The van der Waals surface area contributed by atoms with Crippen molar-refractivity contribution in [1.82, 2.24) is 24.5 Å². The molecule has 4 heterocycles. The van der Waals surface area contributed by atoms with Gasteiger partial charge < -0.3 is 4.90 Å². The molecule has 38 heavy (non-hydrogen) atoms. The highest BCUT2D eigenvalue weighted by atomic mass is 32.2. The van der Waals surface area contributed by atoms with Crippen molar-refractivity contribution in [3.05, 3.63) is 58.8 Å². The maximum atomic E-state index is 15.2. The van der Waals surface area contributed by atoms with Gasteiger partial charge in [0.2, 0.25) is 11.9 Å². The Morgan fingerprint density at radius 3 is 2.37 bits per heavy atom. The van der Waals surface area contributed by atoms with E-state index in [2.05, 4.69) is 15.1 Å². The summed E-state index contributed by atoms with van der Waals surface area (Å²) in [5, 5.41) is 3.84. The van der Waals surface area contributed by atoms with Gasteiger partial charge in [0.15, 0.2) is 11.7 Å². The van der Waals surface area contributed by atoms with Crippen molar-refractivity contribution >= 4 is 22.4 Å². The van der Waals surface area contributed by atoms with E-state index in [0.29, 0.717) is 16.2 Å². The Bertz CT molecular complexity index is 1370. The summed E-state index contributed by atoms with van der Waals surface area (Å²) in [5.74, 6) is -2.59. The van der Waals surface area contributed by atoms with Crippen LogP contribution in [0.3, 0.4) is 0 Å². The summed E-state index contributed by atoms with van der Waals surface area (Å²) < 4.78 is 84.3. The summed E-state index contributed by atoms with van der Waals surface area (Å²) in [6.45, 7) is 5.59. The standard InChI is InChI=1S/C25H28F5N5O2S/c1-24(2,3)21-16(13-32-20-11-19(27)33-35(20)21)10-18-17(26)9-15(12-31-18)22(25(28,29)30)34(4)23(36)14-5-7-38(37)8-6-14/h9,11-14,22H,5-8,10H2,1-4H3. The summed E-state index contributed by atoms with van der Waals surface area (Å²) in [5.41, 5.74) is 0.127. The summed E-state index contributed by atoms with van der Waals surface area (Å²) in [6, 6.07) is -0.487. The van der Waals surface area contributed by atoms with Gasteiger partial charge in [0.05, 0.1) is 11.4 Å². The molecule has 1 saturated heterocycles. The fraction of sp³-hybridized carbons (Fsp3) is 0.520. The second-order valence-electron chi connectivity index (χ2n) is 10.5. The fourth-order valence-electron chi connectivity index (χ4n) is 4.90. The first kappa shape index (κ1) is 28.1. The lowest BCUT2D eigenvalue weighted by Crippen LogP contribution is -2.44. The van der Waals surface area contributed by atoms with Crippen LogP contribution in [-0.2, 0) is 27.4 Å². The minimum absolute atomic E-state index is 0.117. The number of pyridine rings is 1. The average Bonchev–Trinajstić information content (AvgIpc) is 3.18. The molecule has 1 atom stereocenters. The molecule has 0 aromatic carbocycles. The van der Waals surface area contributed by atoms with E-state index in [4.69, 9.17) is 0 Å². The van der Waals surface area contributed by atoms with Gasteiger partial charge in [-0.15, -0.1) is 5.10 Å². The number of amides is 1. The first-order valence-electron chi connectivity index (χ1n) is 12.0. The van der Waals surface area contributed by atoms with Crippen LogP contribution in [-0.4, -0.2) is 59.3 Å². The van der Waals surface area contributed by atoms with Crippen LogP contribution in [0.5, 0.6) is 0 Å². The molecule has 13 heteroatoms. The van der Waals surface area contributed by atoms with Crippen LogP contribution >= 0.6 is 0 Å². The minimum Gasteiger partial charge on any atom is -0.330 e. The average molecular weight is 558 g/mol. The zero-order chi connectivity index (χ0) is 28.0. The number of hydrogen-bond acceptors (Lipinski definition) is 5. The lowest BCUT2D eigenvalue weighted by atomic mass is 9.87. The van der Waals surface area contributed by atoms with Crippen molar-refractivity contribution in [3.8, 4) is 0 Å². The third-order valence-electron chi connectivity index (χ3n) is 6.63. The highest BCUT2D eigenvalue weighted by Gasteiger charge is 2.47. The van der Waals surface area contributed by atoms with E-state index in [1.54, 1.807) is 0 Å². The van der Waals surface area contributed by atoms with Crippen LogP contribution < -0.4 is 0 Å². The van der Waals surface area contributed by atoms with Gasteiger partial charge in [0, 0.05) is 71.1 Å². The smallest absolute Gasteiger partial charge is 0.330 e. The second-order valence-corrected chi connectivity index (χ2v) is 12.2. The predicted molar refractivity (Wildman–Crippen MR) is 131 cm³/mol. The van der Waals surface area contributed by atoms with Gasteiger partial charge in [-0.25, -0.2) is 13.9 Å². The SMILES string of the molecule is CN(C(=O)C1CCS(=O)CC1)C(c1cnc(Cc2cnc3cc(F)nn3c2C(C)(C)C)c(F)c1)C(F)(F)F. The van der Waals surface area contributed by atoms with E-state index in [-0.39, 0.29) is 42.1 Å². The highest BCUT2D eigenvalue weighted by Crippen LogP contribution is 2.39. The van der Waals surface area contributed by atoms with Crippen LogP contribution in [0.1, 0.15) is 62.2 Å². The van der Waals surface area contributed by atoms with Crippen molar-refractivity contribution in [2.24, 2.45) is 5.92 Å². The van der Waals surface area contributed by atoms with Crippen molar-refractivity contribution in [3.63, 3.8) is 0 Å². The number of halogens is 5. The van der Waals surface area contributed by atoms with E-state index >= 15 is 4.39 Å². The van der Waals surface area contributed by atoms with Gasteiger partial charge in [-0.3, -0.25) is 14.0 Å². The van der Waals surface area contributed by atoms with Crippen molar-refractivity contribution in [1.29, 1.82) is 0 Å². The van der Waals surface area contributed by atoms with Gasteiger partial charge >= 0.3 is 6.18 Å². The van der Waals surface area contributed by atoms with Crippen molar-refractivity contribution in [2.45, 2.75) is 57.7 Å². The van der Waals surface area contributed by atoms with Crippen molar-refractivity contribution in [2.75, 3.05) is 18.6 Å². The van der Waals surface area contributed by atoms with Crippen LogP contribution in [0.2, 0.25) is 0 Å². The molecule has 0 N–H and O–H groups in total. The molecule has 7 nitrogen and oxygen atoms in total. The van der Waals surface area contributed by atoms with Crippen molar-refractivity contribution < 1.29 is 31.0 Å². The lowest BCUT2D eigenvalue weighted by Gasteiger charge is -2.33. The van der Waals surface area contributed by atoms with Gasteiger partial charge in [0.1, 0.15) is 5.82 Å². The summed E-state index contributed by atoms with van der Waals surface area (Å²) >= 11 is 0. The summed E-state index contributed by atoms with van der Waals surface area (Å²) in [4.78, 5) is 21.6. The second kappa shape index (κ2) is 10.3. The molecule has 0 saturated carbocycles. The highest BCUT2D eigenvalue weighted by molar-refractivity contribution is 7.85. The van der Waals surface area contributed by atoms with Crippen LogP contribution in [0.15, 0.2) is 24.5 Å². The van der Waals surface area contributed by atoms with Gasteiger partial charge in [-0.1, -0.05) is 20.8 Å². The van der Waals surface area contributed by atoms with Crippen LogP contribution in [0, 0.1) is 17.7 Å². The monoisotopic (exact) mass is 557 g/mol. The molecule has 1 unspecified atom stereocenters. The molecule has 3 aromatic rings. The summed E-state index contributed by atoms with van der Waals surface area (Å²) in [7, 11) is -0.0333. The van der Waals surface area contributed by atoms with E-state index in [9.17, 15) is 26.6 Å². The Labute approximate surface area is 218 Å². The molecular weight excluding hydrogens is 529 g/mol. The number of fused-ring (bicyclic) bond motifs is 1. The number of carbonyl (C=O) groups excluding carboxylic acids is 1. The Hall–Kier alpha value is -2.96. The third-order valence-corrected chi connectivity index (χ3v) is 8.02. The Kier molecular flexibility index (Phi) is 7.61. The number of alkyl halides is 3. The number of carbonyl (C=O) groups is 1. The Morgan fingerprint density at radius 1 is 1.13 bits per heavy atom. The molecule has 0 spiro atoms. The zero-order valence-electron chi connectivity index (χ0n) is 21.4. The molecule has 3 aromatic heterocycles. The quantitative estimate of drug-likeness (QED) is 0.432. The molecule has 0 radical (unpaired) electrons. The molecule has 1 fully saturated rings. The third kappa shape index (κ3) is 5.71. The molecule has 4 rings (SSSR count). The first-order valence-corrected chi connectivity index (χ1v) is 13.5. The Balaban J connectivity index is 1.65. The number of nitrogens with zero attached hydrogens (tertiary/aromatic N) is 5. The zero-order valence-corrected chi connectivity index (χ0v) is 22.2. The van der Waals surface area contributed by atoms with Gasteiger partial charge in [0.25, 0.3) is 0 Å². The largest absolute Gasteiger partial charge is 0.413 e. The molecule has 1 amide bonds. The molecule has 0 bridgehead atoms. The molecule has 0 aliphatic carbocycles. The number of hydrogen-bond donors (Lipinski definition) is 0. The van der Waals surface area contributed by atoms with E-state index in [0.717, 1.165) is 25.4 Å². The maximum absolute atomic E-state index is 15.2. The van der Waals surface area contributed by atoms with Gasteiger partial charge in [-0.05, 0) is 24.5 Å². The topological polar surface area (TPSA) is 80.5 Å². The molecule has 206 valence electrons. The van der Waals surface area contributed by atoms with Gasteiger partial charge in [-0.2, -0.15) is 17.6 Å². The molecular formula is C25H28F5N5O2S. The van der Waals surface area contributed by atoms with Crippen LogP contribution in [0.4, 0.5) is 22.0 Å². The fourth-order valence-corrected chi connectivity index (χ4v) is 6.20. The van der Waals surface area contributed by atoms with E-state index < -0.39 is 57.6 Å². The van der Waals surface area contributed by atoms with E-state index in [1.165, 1.54) is 10.7 Å². The molecule has 1 aliphatic heterocycles. The normalized spacial score (nSPS) is 19.5. The predicted octanol–water partition coefficient (Wildman–Crippen LogP) is 4.51. The van der Waals surface area contributed by atoms with E-state index in [1.807, 2.05) is 20.8 Å². The number of rotatable bonds is 5.